The zero-order valence-corrected chi connectivity index (χ0v) is 21.7. The second-order valence-electron chi connectivity index (χ2n) is 9.04. The number of rotatable bonds is 8. The molecule has 4 rings (SSSR count). The molecule has 35 heavy (non-hydrogen) atoms. The lowest BCUT2D eigenvalue weighted by Crippen LogP contribution is -2.49. The summed E-state index contributed by atoms with van der Waals surface area (Å²) in [5.41, 5.74) is 7.24. The van der Waals surface area contributed by atoms with Gasteiger partial charge in [-0.15, -0.1) is 12.4 Å². The first-order chi connectivity index (χ1) is 16.6. The van der Waals surface area contributed by atoms with E-state index in [4.69, 9.17) is 24.7 Å². The van der Waals surface area contributed by atoms with Gasteiger partial charge in [-0.05, 0) is 62.8 Å². The maximum absolute atomic E-state index is 14.0. The van der Waals surface area contributed by atoms with E-state index in [1.165, 1.54) is 19.3 Å². The number of nitrogens with two attached hydrogens (primary N) is 1. The van der Waals surface area contributed by atoms with Crippen LogP contribution in [0.1, 0.15) is 60.9 Å². The Hall–Kier alpha value is -2.64. The van der Waals surface area contributed by atoms with Gasteiger partial charge in [0.25, 0.3) is 5.91 Å². The molecule has 2 aromatic carbocycles. The molecule has 0 radical (unpaired) electrons. The van der Waals surface area contributed by atoms with Gasteiger partial charge in [0.1, 0.15) is 5.75 Å². The Kier molecular flexibility index (Phi) is 9.52. The molecule has 192 valence electrons. The Balaban J connectivity index is 0.00000342. The quantitative estimate of drug-likeness (QED) is 0.520. The number of methoxy groups -OCH3 is 3. The van der Waals surface area contributed by atoms with Crippen molar-refractivity contribution in [3.63, 3.8) is 0 Å². The van der Waals surface area contributed by atoms with Crippen molar-refractivity contribution in [3.05, 3.63) is 41.5 Å². The van der Waals surface area contributed by atoms with E-state index < -0.39 is 0 Å². The summed E-state index contributed by atoms with van der Waals surface area (Å²) in [6.07, 6.45) is 8.53. The van der Waals surface area contributed by atoms with E-state index in [0.29, 0.717) is 40.9 Å². The van der Waals surface area contributed by atoms with Crippen LogP contribution in [0.3, 0.4) is 0 Å². The zero-order valence-electron chi connectivity index (χ0n) is 20.9. The van der Waals surface area contributed by atoms with E-state index in [-0.39, 0.29) is 30.4 Å². The van der Waals surface area contributed by atoms with Crippen LogP contribution in [0.15, 0.2) is 30.3 Å². The lowest BCUT2D eigenvalue weighted by Gasteiger charge is -2.41. The lowest BCUT2D eigenvalue weighted by atomic mass is 9.93. The molecule has 2 heterocycles. The summed E-state index contributed by atoms with van der Waals surface area (Å²) in [6, 6.07) is 10.0. The summed E-state index contributed by atoms with van der Waals surface area (Å²) >= 11 is 0. The SMILES string of the molecule is COc1c(Oc2ccc(CCN)cc2)cc(C(=O)N2C3CCCCC2CCC3)c(OC)c1OC.Cl. The summed E-state index contributed by atoms with van der Waals surface area (Å²) in [4.78, 5) is 16.1. The summed E-state index contributed by atoms with van der Waals surface area (Å²) < 4.78 is 23.2. The lowest BCUT2D eigenvalue weighted by molar-refractivity contribution is 0.0456. The smallest absolute Gasteiger partial charge is 0.258 e. The van der Waals surface area contributed by atoms with Gasteiger partial charge in [0.05, 0.1) is 26.9 Å². The van der Waals surface area contributed by atoms with Crippen molar-refractivity contribution in [3.8, 4) is 28.7 Å². The van der Waals surface area contributed by atoms with Crippen molar-refractivity contribution >= 4 is 18.3 Å². The normalized spacial score (nSPS) is 19.3. The molecule has 0 aliphatic carbocycles. The van der Waals surface area contributed by atoms with E-state index in [2.05, 4.69) is 4.90 Å². The van der Waals surface area contributed by atoms with Crippen molar-refractivity contribution in [2.24, 2.45) is 5.73 Å². The molecular formula is C27H37ClN2O5. The molecule has 0 saturated carbocycles. The van der Waals surface area contributed by atoms with E-state index in [1.807, 2.05) is 24.3 Å². The van der Waals surface area contributed by atoms with Crippen molar-refractivity contribution in [1.29, 1.82) is 0 Å². The minimum absolute atomic E-state index is 0. The first-order valence-electron chi connectivity index (χ1n) is 12.2. The molecule has 2 aliphatic heterocycles. The summed E-state index contributed by atoms with van der Waals surface area (Å²) in [5.74, 6) is 2.13. The molecule has 1 amide bonds. The molecular weight excluding hydrogens is 468 g/mol. The van der Waals surface area contributed by atoms with Gasteiger partial charge in [0.15, 0.2) is 11.5 Å². The molecule has 2 N–H and O–H groups in total. The maximum atomic E-state index is 14.0. The second-order valence-corrected chi connectivity index (χ2v) is 9.04. The molecule has 0 aromatic heterocycles. The van der Waals surface area contributed by atoms with Gasteiger partial charge < -0.3 is 29.6 Å². The Bertz CT molecular complexity index is 984. The van der Waals surface area contributed by atoms with Gasteiger partial charge in [0, 0.05) is 18.2 Å². The molecule has 2 aliphatic rings. The van der Waals surface area contributed by atoms with Gasteiger partial charge in [-0.3, -0.25) is 4.79 Å². The number of hydrogen-bond acceptors (Lipinski definition) is 6. The number of carbonyl (C=O) groups is 1. The fourth-order valence-corrected chi connectivity index (χ4v) is 5.40. The monoisotopic (exact) mass is 504 g/mol. The number of nitrogens with zero attached hydrogens (tertiary/aromatic N) is 1. The van der Waals surface area contributed by atoms with Crippen LogP contribution in [0.4, 0.5) is 0 Å². The summed E-state index contributed by atoms with van der Waals surface area (Å²) in [6.45, 7) is 0.591. The number of amides is 1. The molecule has 2 saturated heterocycles. The molecule has 2 unspecified atom stereocenters. The number of fused-ring (bicyclic) bond motifs is 2. The predicted molar refractivity (Wildman–Crippen MR) is 139 cm³/mol. The van der Waals surface area contributed by atoms with Gasteiger partial charge in [-0.25, -0.2) is 0 Å². The average molecular weight is 505 g/mol. The second kappa shape index (κ2) is 12.4. The molecule has 2 fully saturated rings. The van der Waals surface area contributed by atoms with Gasteiger partial charge in [-0.2, -0.15) is 0 Å². The molecule has 8 heteroatoms. The third kappa shape index (κ3) is 5.62. The highest BCUT2D eigenvalue weighted by Crippen LogP contribution is 2.49. The number of carbonyl (C=O) groups excluding carboxylic acids is 1. The van der Waals surface area contributed by atoms with E-state index >= 15 is 0 Å². The molecule has 0 spiro atoms. The van der Waals surface area contributed by atoms with Gasteiger partial charge >= 0.3 is 0 Å². The molecule has 2 atom stereocenters. The van der Waals surface area contributed by atoms with Crippen LogP contribution in [0.25, 0.3) is 0 Å². The van der Waals surface area contributed by atoms with Crippen LogP contribution in [-0.2, 0) is 6.42 Å². The minimum Gasteiger partial charge on any atom is -0.492 e. The number of piperidine rings is 1. The molecule has 2 bridgehead atoms. The number of ether oxygens (including phenoxy) is 4. The Morgan fingerprint density at radius 1 is 0.886 bits per heavy atom. The van der Waals surface area contributed by atoms with E-state index in [9.17, 15) is 4.79 Å². The van der Waals surface area contributed by atoms with Gasteiger partial charge in [0.2, 0.25) is 11.5 Å². The molecule has 2 aromatic rings. The summed E-state index contributed by atoms with van der Waals surface area (Å²) in [7, 11) is 4.64. The van der Waals surface area contributed by atoms with Crippen molar-refractivity contribution in [1.82, 2.24) is 4.90 Å². The average Bonchev–Trinajstić information content (AvgIpc) is 2.98. The van der Waals surface area contributed by atoms with Crippen LogP contribution in [0, 0.1) is 0 Å². The highest BCUT2D eigenvalue weighted by Gasteiger charge is 2.38. The number of benzene rings is 2. The fourth-order valence-electron chi connectivity index (χ4n) is 5.40. The first kappa shape index (κ1) is 27.0. The van der Waals surface area contributed by atoms with Crippen molar-refractivity contribution in [2.45, 2.75) is 63.5 Å². The Morgan fingerprint density at radius 3 is 2.00 bits per heavy atom. The first-order valence-corrected chi connectivity index (χ1v) is 12.2. The van der Waals surface area contributed by atoms with Crippen LogP contribution < -0.4 is 24.7 Å². The number of hydrogen-bond donors (Lipinski definition) is 1. The largest absolute Gasteiger partial charge is 0.492 e. The summed E-state index contributed by atoms with van der Waals surface area (Å²) in [5, 5.41) is 0. The van der Waals surface area contributed by atoms with E-state index in [1.54, 1.807) is 27.4 Å². The zero-order chi connectivity index (χ0) is 24.1. The predicted octanol–water partition coefficient (Wildman–Crippen LogP) is 5.37. The standard InChI is InChI=1S/C27H36N2O5.ClH/c1-31-24-22(27(30)29-19-7-4-5-8-20(29)10-6-9-19)17-23(25(32-2)26(24)33-3)34-21-13-11-18(12-14-21)15-16-28;/h11-14,17,19-20H,4-10,15-16,28H2,1-3H3;1H. The third-order valence-corrected chi connectivity index (χ3v) is 7.00. The van der Waals surface area contributed by atoms with E-state index in [0.717, 1.165) is 37.7 Å². The third-order valence-electron chi connectivity index (χ3n) is 7.00. The molecule has 7 nitrogen and oxygen atoms in total. The van der Waals surface area contributed by atoms with Crippen molar-refractivity contribution < 1.29 is 23.7 Å². The topological polar surface area (TPSA) is 83.3 Å². The van der Waals surface area contributed by atoms with Crippen LogP contribution in [0.5, 0.6) is 28.7 Å². The van der Waals surface area contributed by atoms with Crippen molar-refractivity contribution in [2.75, 3.05) is 27.9 Å². The van der Waals surface area contributed by atoms with Crippen LogP contribution >= 0.6 is 12.4 Å². The number of halogens is 1. The highest BCUT2D eigenvalue weighted by molar-refractivity contribution is 5.99. The van der Waals surface area contributed by atoms with Crippen LogP contribution in [0.2, 0.25) is 0 Å². The van der Waals surface area contributed by atoms with Crippen LogP contribution in [-0.4, -0.2) is 50.8 Å². The minimum atomic E-state index is -0.0300. The maximum Gasteiger partial charge on any atom is 0.258 e. The Labute approximate surface area is 214 Å². The highest BCUT2D eigenvalue weighted by atomic mass is 35.5. The Morgan fingerprint density at radius 2 is 1.46 bits per heavy atom. The fraction of sp³-hybridized carbons (Fsp3) is 0.519. The van der Waals surface area contributed by atoms with Gasteiger partial charge in [-0.1, -0.05) is 25.0 Å².